The zero-order valence-electron chi connectivity index (χ0n) is 11.1. The molecule has 0 aromatic heterocycles. The summed E-state index contributed by atoms with van der Waals surface area (Å²) in [5, 5.41) is 9.16. The van der Waals surface area contributed by atoms with E-state index < -0.39 is 11.9 Å². The third-order valence-corrected chi connectivity index (χ3v) is 4.26. The fourth-order valence-corrected chi connectivity index (χ4v) is 3.23. The maximum atomic E-state index is 12.5. The van der Waals surface area contributed by atoms with E-state index in [0.717, 1.165) is 32.5 Å². The molecule has 102 valence electrons. The summed E-state index contributed by atoms with van der Waals surface area (Å²) in [5.74, 6) is -1.52. The highest BCUT2D eigenvalue weighted by atomic mass is 16.4. The van der Waals surface area contributed by atoms with Crippen LogP contribution >= 0.6 is 0 Å². The molecule has 18 heavy (non-hydrogen) atoms. The third kappa shape index (κ3) is 2.51. The molecule has 5 nitrogen and oxygen atoms in total. The van der Waals surface area contributed by atoms with Crippen LogP contribution < -0.4 is 0 Å². The van der Waals surface area contributed by atoms with Crippen LogP contribution in [0.2, 0.25) is 0 Å². The van der Waals surface area contributed by atoms with Crippen molar-refractivity contribution < 1.29 is 14.7 Å². The summed E-state index contributed by atoms with van der Waals surface area (Å²) in [4.78, 5) is 27.7. The minimum absolute atomic E-state index is 0.0560. The predicted molar refractivity (Wildman–Crippen MR) is 67.1 cm³/mol. The maximum absolute atomic E-state index is 12.5. The molecule has 1 heterocycles. The van der Waals surface area contributed by atoms with Gasteiger partial charge in [0.2, 0.25) is 5.91 Å². The second-order valence-electron chi connectivity index (χ2n) is 5.63. The van der Waals surface area contributed by atoms with Gasteiger partial charge in [-0.25, -0.2) is 0 Å². The zero-order valence-corrected chi connectivity index (χ0v) is 11.1. The molecule has 0 spiro atoms. The van der Waals surface area contributed by atoms with Gasteiger partial charge in [-0.1, -0.05) is 6.42 Å². The summed E-state index contributed by atoms with van der Waals surface area (Å²) < 4.78 is 0. The summed E-state index contributed by atoms with van der Waals surface area (Å²) in [5.41, 5.74) is 0. The Morgan fingerprint density at radius 2 is 1.83 bits per heavy atom. The highest BCUT2D eigenvalue weighted by molar-refractivity contribution is 5.85. The lowest BCUT2D eigenvalue weighted by atomic mass is 9.94. The normalized spacial score (nSPS) is 33.7. The van der Waals surface area contributed by atoms with Crippen molar-refractivity contribution in [3.63, 3.8) is 0 Å². The largest absolute Gasteiger partial charge is 0.481 e. The van der Waals surface area contributed by atoms with Gasteiger partial charge in [0.05, 0.1) is 11.8 Å². The first kappa shape index (κ1) is 13.3. The first-order valence-corrected chi connectivity index (χ1v) is 6.72. The Morgan fingerprint density at radius 1 is 1.17 bits per heavy atom. The molecule has 1 amide bonds. The lowest BCUT2D eigenvalue weighted by Crippen LogP contribution is -2.54. The van der Waals surface area contributed by atoms with Gasteiger partial charge in [-0.15, -0.1) is 0 Å². The van der Waals surface area contributed by atoms with Crippen LogP contribution in [-0.2, 0) is 9.59 Å². The number of carboxylic acids is 1. The average molecular weight is 254 g/mol. The summed E-state index contributed by atoms with van der Waals surface area (Å²) >= 11 is 0. The molecule has 1 aliphatic heterocycles. The summed E-state index contributed by atoms with van der Waals surface area (Å²) in [7, 11) is 2.05. The van der Waals surface area contributed by atoms with Gasteiger partial charge < -0.3 is 14.9 Å². The SMILES string of the molecule is CC1CN(C)CCN1C(=O)[C@@H]1CCC[C@@H]1C(=O)O. The fourth-order valence-electron chi connectivity index (χ4n) is 3.23. The number of likely N-dealkylation sites (N-methyl/N-ethyl adjacent to an activating group) is 1. The van der Waals surface area contributed by atoms with Crippen molar-refractivity contribution in [2.45, 2.75) is 32.2 Å². The van der Waals surface area contributed by atoms with E-state index in [1.54, 1.807) is 0 Å². The van der Waals surface area contributed by atoms with E-state index in [1.165, 1.54) is 0 Å². The van der Waals surface area contributed by atoms with Crippen LogP contribution in [0, 0.1) is 11.8 Å². The Morgan fingerprint density at radius 3 is 2.44 bits per heavy atom. The lowest BCUT2D eigenvalue weighted by Gasteiger charge is -2.40. The molecule has 1 unspecified atom stereocenters. The molecule has 0 aromatic rings. The van der Waals surface area contributed by atoms with Crippen LogP contribution in [0.15, 0.2) is 0 Å². The van der Waals surface area contributed by atoms with Gasteiger partial charge >= 0.3 is 5.97 Å². The number of nitrogens with zero attached hydrogens (tertiary/aromatic N) is 2. The zero-order chi connectivity index (χ0) is 13.3. The van der Waals surface area contributed by atoms with Crippen molar-refractivity contribution in [1.82, 2.24) is 9.80 Å². The monoisotopic (exact) mass is 254 g/mol. The number of hydrogen-bond acceptors (Lipinski definition) is 3. The van der Waals surface area contributed by atoms with E-state index in [9.17, 15) is 9.59 Å². The number of carbonyl (C=O) groups is 2. The van der Waals surface area contributed by atoms with Crippen LogP contribution in [0.25, 0.3) is 0 Å². The minimum atomic E-state index is -0.812. The highest BCUT2D eigenvalue weighted by Crippen LogP contribution is 2.34. The molecule has 0 radical (unpaired) electrons. The van der Waals surface area contributed by atoms with Gasteiger partial charge in [-0.2, -0.15) is 0 Å². The van der Waals surface area contributed by atoms with E-state index >= 15 is 0 Å². The minimum Gasteiger partial charge on any atom is -0.481 e. The standard InChI is InChI=1S/C13H22N2O3/c1-9-8-14(2)6-7-15(9)12(16)10-4-3-5-11(10)13(17)18/h9-11H,3-8H2,1-2H3,(H,17,18)/t9?,10-,11+/m1/s1. The number of amides is 1. The van der Waals surface area contributed by atoms with Gasteiger partial charge in [0.1, 0.15) is 0 Å². The van der Waals surface area contributed by atoms with Crippen molar-refractivity contribution in [1.29, 1.82) is 0 Å². The average Bonchev–Trinajstić information content (AvgIpc) is 2.77. The number of carboxylic acid groups (broad SMARTS) is 1. The van der Waals surface area contributed by atoms with Gasteiger partial charge in [-0.05, 0) is 26.8 Å². The number of aliphatic carboxylic acids is 1. The van der Waals surface area contributed by atoms with Crippen LogP contribution in [0.1, 0.15) is 26.2 Å². The van der Waals surface area contributed by atoms with Crippen molar-refractivity contribution in [2.75, 3.05) is 26.7 Å². The Bertz CT molecular complexity index is 345. The molecule has 2 aliphatic rings. The molecule has 1 aliphatic carbocycles. The Balaban J connectivity index is 2.04. The summed E-state index contributed by atoms with van der Waals surface area (Å²) in [6, 6.07) is 0.186. The van der Waals surface area contributed by atoms with E-state index in [1.807, 2.05) is 18.9 Å². The fraction of sp³-hybridized carbons (Fsp3) is 0.846. The molecule has 2 fully saturated rings. The molecule has 0 bridgehead atoms. The molecule has 2 rings (SSSR count). The van der Waals surface area contributed by atoms with Crippen molar-refractivity contribution >= 4 is 11.9 Å². The molecule has 0 aromatic carbocycles. The molecular formula is C13H22N2O3. The molecule has 1 N–H and O–H groups in total. The number of piperazine rings is 1. The van der Waals surface area contributed by atoms with Crippen LogP contribution in [0.5, 0.6) is 0 Å². The Kier molecular flexibility index (Phi) is 3.90. The number of hydrogen-bond donors (Lipinski definition) is 1. The van der Waals surface area contributed by atoms with Gasteiger partial charge in [0, 0.05) is 25.7 Å². The Hall–Kier alpha value is -1.10. The second kappa shape index (κ2) is 5.26. The summed E-state index contributed by atoms with van der Waals surface area (Å²) in [6.07, 6.45) is 2.23. The maximum Gasteiger partial charge on any atom is 0.307 e. The third-order valence-electron chi connectivity index (χ3n) is 4.26. The summed E-state index contributed by atoms with van der Waals surface area (Å²) in [6.45, 7) is 4.51. The van der Waals surface area contributed by atoms with Crippen molar-refractivity contribution in [3.05, 3.63) is 0 Å². The molecule has 1 saturated carbocycles. The predicted octanol–water partition coefficient (Wildman–Crippen LogP) is 0.650. The Labute approximate surface area is 108 Å². The van der Waals surface area contributed by atoms with Crippen molar-refractivity contribution in [2.24, 2.45) is 11.8 Å². The molecule has 5 heteroatoms. The highest BCUT2D eigenvalue weighted by Gasteiger charge is 2.41. The number of carbonyl (C=O) groups excluding carboxylic acids is 1. The van der Waals surface area contributed by atoms with Gasteiger partial charge in [0.25, 0.3) is 0 Å². The van der Waals surface area contributed by atoms with Crippen molar-refractivity contribution in [3.8, 4) is 0 Å². The first-order chi connectivity index (χ1) is 8.50. The number of rotatable bonds is 2. The van der Waals surface area contributed by atoms with E-state index in [0.29, 0.717) is 6.42 Å². The van der Waals surface area contributed by atoms with Crippen LogP contribution in [0.3, 0.4) is 0 Å². The smallest absolute Gasteiger partial charge is 0.307 e. The van der Waals surface area contributed by atoms with Gasteiger partial charge in [-0.3, -0.25) is 9.59 Å². The van der Waals surface area contributed by atoms with Crippen LogP contribution in [0.4, 0.5) is 0 Å². The first-order valence-electron chi connectivity index (χ1n) is 6.72. The quantitative estimate of drug-likeness (QED) is 0.786. The molecule has 3 atom stereocenters. The van der Waals surface area contributed by atoms with Gasteiger partial charge in [0.15, 0.2) is 0 Å². The topological polar surface area (TPSA) is 60.9 Å². The molecule has 1 saturated heterocycles. The van der Waals surface area contributed by atoms with Crippen LogP contribution in [-0.4, -0.2) is 59.5 Å². The van der Waals surface area contributed by atoms with E-state index in [4.69, 9.17) is 5.11 Å². The van der Waals surface area contributed by atoms with E-state index in [2.05, 4.69) is 4.90 Å². The molecular weight excluding hydrogens is 232 g/mol. The van der Waals surface area contributed by atoms with E-state index in [-0.39, 0.29) is 17.9 Å². The lowest BCUT2D eigenvalue weighted by molar-refractivity contribution is -0.151. The second-order valence-corrected chi connectivity index (χ2v) is 5.63.